The number of hydrogen-bond acceptors (Lipinski definition) is 3. The van der Waals surface area contributed by atoms with Crippen molar-refractivity contribution in [3.05, 3.63) is 67.6 Å². The van der Waals surface area contributed by atoms with Gasteiger partial charge in [0.2, 0.25) is 5.96 Å². The number of nitrogens with two attached hydrogens (primary N) is 1. The minimum Gasteiger partial charge on any atom is -0.367 e. The highest BCUT2D eigenvalue weighted by molar-refractivity contribution is 6.35. The van der Waals surface area contributed by atoms with Gasteiger partial charge in [-0.05, 0) is 47.5 Å². The lowest BCUT2D eigenvalue weighted by Gasteiger charge is -1.98. The molecule has 0 unspecified atom stereocenters. The normalized spacial score (nSPS) is 12.2. The zero-order valence-electron chi connectivity index (χ0n) is 12.0. The summed E-state index contributed by atoms with van der Waals surface area (Å²) in [4.78, 5) is 0. The summed E-state index contributed by atoms with van der Waals surface area (Å²) < 4.78 is 0. The molecule has 0 atom stereocenters. The first-order valence-corrected chi connectivity index (χ1v) is 8.01. The minimum absolute atomic E-state index is 0.00347. The van der Waals surface area contributed by atoms with Gasteiger partial charge in [0.15, 0.2) is 0 Å². The molecule has 2 aromatic carbocycles. The van der Waals surface area contributed by atoms with Crippen LogP contribution in [0.3, 0.4) is 0 Å². The number of nitrogens with zero attached hydrogens (tertiary/aromatic N) is 3. The Kier molecular flexibility index (Phi) is 6.87. The van der Waals surface area contributed by atoms with Gasteiger partial charge in [-0.25, -0.2) is 5.43 Å². The van der Waals surface area contributed by atoms with E-state index in [-0.39, 0.29) is 5.96 Å². The Morgan fingerprint density at radius 2 is 1.25 bits per heavy atom. The van der Waals surface area contributed by atoms with E-state index >= 15 is 0 Å². The second-order valence-electron chi connectivity index (χ2n) is 4.51. The molecule has 3 N–H and O–H groups in total. The Morgan fingerprint density at radius 1 is 0.792 bits per heavy atom. The van der Waals surface area contributed by atoms with Crippen LogP contribution in [-0.4, -0.2) is 18.4 Å². The van der Waals surface area contributed by atoms with Crippen LogP contribution in [0.2, 0.25) is 20.1 Å². The van der Waals surface area contributed by atoms with Gasteiger partial charge >= 0.3 is 0 Å². The van der Waals surface area contributed by atoms with Crippen LogP contribution in [0.25, 0.3) is 0 Å². The monoisotopic (exact) mass is 401 g/mol. The second-order valence-corrected chi connectivity index (χ2v) is 6.25. The van der Waals surface area contributed by atoms with E-state index in [0.717, 1.165) is 0 Å². The second kappa shape index (κ2) is 8.89. The van der Waals surface area contributed by atoms with Crippen molar-refractivity contribution in [1.82, 2.24) is 5.43 Å². The Bertz CT molecular complexity index is 777. The first kappa shape index (κ1) is 18.5. The molecule has 0 aliphatic heterocycles. The molecule has 124 valence electrons. The zero-order valence-corrected chi connectivity index (χ0v) is 15.1. The van der Waals surface area contributed by atoms with E-state index < -0.39 is 0 Å². The molecular weight excluding hydrogens is 392 g/mol. The lowest BCUT2D eigenvalue weighted by Crippen LogP contribution is -2.26. The molecule has 0 aliphatic rings. The Hall–Kier alpha value is -1.79. The molecule has 0 radical (unpaired) electrons. The molecule has 24 heavy (non-hydrogen) atoms. The predicted molar refractivity (Wildman–Crippen MR) is 103 cm³/mol. The van der Waals surface area contributed by atoms with Crippen molar-refractivity contribution in [3.8, 4) is 0 Å². The highest BCUT2D eigenvalue weighted by atomic mass is 35.5. The van der Waals surface area contributed by atoms with Gasteiger partial charge in [-0.3, -0.25) is 0 Å². The topological polar surface area (TPSA) is 75.1 Å². The SMILES string of the molecule is NC(=N/N=C/c1cc(Cl)cc(Cl)c1)N/N=C/c1cc(Cl)cc(Cl)c1. The Morgan fingerprint density at radius 3 is 1.75 bits per heavy atom. The Labute approximate surface area is 158 Å². The number of hydrogen-bond donors (Lipinski definition) is 2. The van der Waals surface area contributed by atoms with Gasteiger partial charge in [0.1, 0.15) is 0 Å². The highest BCUT2D eigenvalue weighted by Gasteiger charge is 1.96. The number of nitrogens with one attached hydrogen (secondary N) is 1. The summed E-state index contributed by atoms with van der Waals surface area (Å²) in [6.45, 7) is 0. The van der Waals surface area contributed by atoms with Crippen LogP contribution in [0, 0.1) is 0 Å². The quantitative estimate of drug-likeness (QED) is 0.446. The summed E-state index contributed by atoms with van der Waals surface area (Å²) in [6.07, 6.45) is 2.97. The van der Waals surface area contributed by atoms with Crippen LogP contribution in [0.4, 0.5) is 0 Å². The molecule has 5 nitrogen and oxygen atoms in total. The third kappa shape index (κ3) is 6.37. The largest absolute Gasteiger partial charge is 0.367 e. The van der Waals surface area contributed by atoms with Crippen molar-refractivity contribution in [2.24, 2.45) is 21.0 Å². The number of benzene rings is 2. The third-order valence-electron chi connectivity index (χ3n) is 2.53. The van der Waals surface area contributed by atoms with Gasteiger partial charge in [0.05, 0.1) is 12.4 Å². The molecule has 0 heterocycles. The molecule has 9 heteroatoms. The molecule has 0 spiro atoms. The molecule has 0 aromatic heterocycles. The van der Waals surface area contributed by atoms with Crippen LogP contribution < -0.4 is 11.2 Å². The van der Waals surface area contributed by atoms with Gasteiger partial charge in [0.25, 0.3) is 0 Å². The van der Waals surface area contributed by atoms with Crippen LogP contribution in [-0.2, 0) is 0 Å². The van der Waals surface area contributed by atoms with Crippen LogP contribution in [0.5, 0.6) is 0 Å². The van der Waals surface area contributed by atoms with E-state index in [1.807, 2.05) is 0 Å². The maximum Gasteiger partial charge on any atom is 0.234 e. The van der Waals surface area contributed by atoms with E-state index in [2.05, 4.69) is 20.7 Å². The van der Waals surface area contributed by atoms with Crippen LogP contribution >= 0.6 is 46.4 Å². The molecule has 2 aromatic rings. The molecular formula is C15H11Cl4N5. The molecule has 0 saturated heterocycles. The fourth-order valence-corrected chi connectivity index (χ4v) is 2.74. The molecule has 0 aliphatic carbocycles. The number of guanidine groups is 1. The van der Waals surface area contributed by atoms with E-state index in [4.69, 9.17) is 52.1 Å². The lowest BCUT2D eigenvalue weighted by atomic mass is 10.2. The van der Waals surface area contributed by atoms with Gasteiger partial charge in [-0.15, -0.1) is 5.10 Å². The summed E-state index contributed by atoms with van der Waals surface area (Å²) in [7, 11) is 0. The average Bonchev–Trinajstić information content (AvgIpc) is 2.45. The summed E-state index contributed by atoms with van der Waals surface area (Å²) in [5, 5.41) is 13.5. The minimum atomic E-state index is 0.00347. The van der Waals surface area contributed by atoms with Crippen molar-refractivity contribution in [1.29, 1.82) is 0 Å². The highest BCUT2D eigenvalue weighted by Crippen LogP contribution is 2.18. The van der Waals surface area contributed by atoms with Gasteiger partial charge < -0.3 is 5.73 Å². The first-order chi connectivity index (χ1) is 11.4. The van der Waals surface area contributed by atoms with E-state index in [1.54, 1.807) is 36.4 Å². The van der Waals surface area contributed by atoms with Crippen molar-refractivity contribution in [2.45, 2.75) is 0 Å². The smallest absolute Gasteiger partial charge is 0.234 e. The predicted octanol–water partition coefficient (Wildman–Crippen LogP) is 4.57. The van der Waals surface area contributed by atoms with Crippen molar-refractivity contribution in [2.75, 3.05) is 0 Å². The van der Waals surface area contributed by atoms with E-state index in [0.29, 0.717) is 31.2 Å². The first-order valence-electron chi connectivity index (χ1n) is 6.50. The van der Waals surface area contributed by atoms with Crippen molar-refractivity contribution in [3.63, 3.8) is 0 Å². The summed E-state index contributed by atoms with van der Waals surface area (Å²) in [6, 6.07) is 10.0. The van der Waals surface area contributed by atoms with Gasteiger partial charge in [-0.2, -0.15) is 10.2 Å². The molecule has 0 bridgehead atoms. The average molecular weight is 403 g/mol. The maximum atomic E-state index is 5.89. The van der Waals surface area contributed by atoms with Gasteiger partial charge in [0, 0.05) is 20.1 Å². The molecule has 0 fully saturated rings. The number of rotatable bonds is 4. The van der Waals surface area contributed by atoms with Crippen molar-refractivity contribution >= 4 is 64.8 Å². The van der Waals surface area contributed by atoms with E-state index in [9.17, 15) is 0 Å². The maximum absolute atomic E-state index is 5.89. The summed E-state index contributed by atoms with van der Waals surface area (Å²) in [5.74, 6) is 0.00347. The molecule has 2 rings (SSSR count). The molecule has 0 saturated carbocycles. The van der Waals surface area contributed by atoms with E-state index in [1.165, 1.54) is 12.4 Å². The zero-order chi connectivity index (χ0) is 17.5. The van der Waals surface area contributed by atoms with Crippen LogP contribution in [0.1, 0.15) is 11.1 Å². The summed E-state index contributed by atoms with van der Waals surface area (Å²) in [5.41, 5.74) is 9.56. The Balaban J connectivity index is 1.96. The van der Waals surface area contributed by atoms with Gasteiger partial charge in [-0.1, -0.05) is 46.4 Å². The molecule has 0 amide bonds. The van der Waals surface area contributed by atoms with Crippen molar-refractivity contribution < 1.29 is 0 Å². The van der Waals surface area contributed by atoms with Crippen LogP contribution in [0.15, 0.2) is 51.7 Å². The fraction of sp³-hybridized carbons (Fsp3) is 0. The third-order valence-corrected chi connectivity index (χ3v) is 3.41. The fourth-order valence-electron chi connectivity index (χ4n) is 1.65. The summed E-state index contributed by atoms with van der Waals surface area (Å²) >= 11 is 23.5. The number of hydrazone groups is 1. The lowest BCUT2D eigenvalue weighted by molar-refractivity contribution is 0.994. The number of halogens is 4. The standard InChI is InChI=1S/C15H11Cl4N5/c16-11-1-9(2-12(17)5-11)7-21-23-15(20)24-22-8-10-3-13(18)6-14(19)4-10/h1-8H,(H3,20,23,24)/b21-7+,22-8+.